The van der Waals surface area contributed by atoms with Crippen molar-refractivity contribution in [3.8, 4) is 11.4 Å². The number of amides is 1. The summed E-state index contributed by atoms with van der Waals surface area (Å²) in [5, 5.41) is 14.1. The average Bonchev–Trinajstić information content (AvgIpc) is 3.21. The lowest BCUT2D eigenvalue weighted by Crippen LogP contribution is -2.21. The number of carbonyl (C=O) groups is 1. The number of hydrogen-bond acceptors (Lipinski definition) is 6. The summed E-state index contributed by atoms with van der Waals surface area (Å²) in [4.78, 5) is 20.4. The number of halogens is 1. The van der Waals surface area contributed by atoms with E-state index in [-0.39, 0.29) is 18.3 Å². The van der Waals surface area contributed by atoms with Crippen molar-refractivity contribution in [1.29, 1.82) is 0 Å². The van der Waals surface area contributed by atoms with Crippen LogP contribution in [0, 0.1) is 12.7 Å². The fourth-order valence-corrected chi connectivity index (χ4v) is 2.76. The minimum atomic E-state index is -0.536. The molecule has 0 aliphatic carbocycles. The first-order valence-corrected chi connectivity index (χ1v) is 8.48. The van der Waals surface area contributed by atoms with Crippen molar-refractivity contribution < 1.29 is 9.18 Å². The third-order valence-corrected chi connectivity index (χ3v) is 4.15. The molecule has 27 heavy (non-hydrogen) atoms. The lowest BCUT2D eigenvalue weighted by atomic mass is 10.2. The fraction of sp³-hybridized carbons (Fsp3) is 0.353. The van der Waals surface area contributed by atoms with Crippen molar-refractivity contribution in [3.63, 3.8) is 0 Å². The zero-order valence-corrected chi connectivity index (χ0v) is 15.6. The SMILES string of the molecule is CCc1nn(C)c(NC(=O)Cn2cc(-c3ncc(F)c(NC)n3)cn2)c1C. The highest BCUT2D eigenvalue weighted by Crippen LogP contribution is 2.19. The zero-order chi connectivity index (χ0) is 19.6. The Morgan fingerprint density at radius 3 is 2.78 bits per heavy atom. The van der Waals surface area contributed by atoms with Crippen molar-refractivity contribution in [2.45, 2.75) is 26.8 Å². The van der Waals surface area contributed by atoms with Crippen LogP contribution in [0.4, 0.5) is 16.0 Å². The molecule has 3 heterocycles. The number of aryl methyl sites for hydroxylation is 2. The molecule has 0 saturated carbocycles. The Hall–Kier alpha value is -3.30. The summed E-state index contributed by atoms with van der Waals surface area (Å²) < 4.78 is 16.6. The van der Waals surface area contributed by atoms with Crippen LogP contribution >= 0.6 is 0 Å². The minimum Gasteiger partial charge on any atom is -0.371 e. The average molecular weight is 372 g/mol. The molecule has 0 aromatic carbocycles. The molecule has 0 spiro atoms. The van der Waals surface area contributed by atoms with Gasteiger partial charge in [-0.15, -0.1) is 0 Å². The van der Waals surface area contributed by atoms with E-state index in [0.717, 1.165) is 23.9 Å². The second-order valence-corrected chi connectivity index (χ2v) is 6.01. The summed E-state index contributed by atoms with van der Waals surface area (Å²) in [7, 11) is 3.37. The van der Waals surface area contributed by atoms with Gasteiger partial charge in [0, 0.05) is 25.9 Å². The molecule has 0 atom stereocenters. The molecular weight excluding hydrogens is 351 g/mol. The van der Waals surface area contributed by atoms with Crippen LogP contribution in [0.1, 0.15) is 18.2 Å². The molecule has 142 valence electrons. The fourth-order valence-electron chi connectivity index (χ4n) is 2.76. The van der Waals surface area contributed by atoms with E-state index in [4.69, 9.17) is 0 Å². The molecular formula is C17H21FN8O. The standard InChI is InChI=1S/C17H21FN8O/c1-5-13-10(2)17(25(4)24-13)22-14(27)9-26-8-11(6-21-26)15-20-7-12(18)16(19-3)23-15/h6-8H,5,9H2,1-4H3,(H,22,27)(H,19,20,23). The molecule has 0 radical (unpaired) electrons. The van der Waals surface area contributed by atoms with E-state index in [0.29, 0.717) is 17.2 Å². The van der Waals surface area contributed by atoms with Gasteiger partial charge >= 0.3 is 0 Å². The first-order valence-electron chi connectivity index (χ1n) is 8.48. The summed E-state index contributed by atoms with van der Waals surface area (Å²) in [5.74, 6) is 0.330. The van der Waals surface area contributed by atoms with Gasteiger partial charge in [-0.05, 0) is 13.3 Å². The Morgan fingerprint density at radius 1 is 1.33 bits per heavy atom. The maximum atomic E-state index is 13.5. The van der Waals surface area contributed by atoms with Gasteiger partial charge in [0.25, 0.3) is 0 Å². The lowest BCUT2D eigenvalue weighted by molar-refractivity contribution is -0.117. The zero-order valence-electron chi connectivity index (χ0n) is 15.6. The number of nitrogens with one attached hydrogen (secondary N) is 2. The van der Waals surface area contributed by atoms with Crippen molar-refractivity contribution in [2.24, 2.45) is 7.05 Å². The van der Waals surface area contributed by atoms with E-state index < -0.39 is 5.82 Å². The molecule has 0 saturated heterocycles. The van der Waals surface area contributed by atoms with E-state index in [9.17, 15) is 9.18 Å². The van der Waals surface area contributed by atoms with Gasteiger partial charge in [0.15, 0.2) is 17.5 Å². The Bertz CT molecular complexity index is 977. The number of hydrogen-bond donors (Lipinski definition) is 2. The normalized spacial score (nSPS) is 10.9. The molecule has 1 amide bonds. The van der Waals surface area contributed by atoms with Crippen LogP contribution in [-0.4, -0.2) is 42.5 Å². The van der Waals surface area contributed by atoms with Crippen LogP contribution < -0.4 is 10.6 Å². The molecule has 9 nitrogen and oxygen atoms in total. The molecule has 0 unspecified atom stereocenters. The second-order valence-electron chi connectivity index (χ2n) is 6.01. The van der Waals surface area contributed by atoms with E-state index >= 15 is 0 Å². The van der Waals surface area contributed by atoms with Crippen molar-refractivity contribution in [1.82, 2.24) is 29.5 Å². The van der Waals surface area contributed by atoms with Gasteiger partial charge in [-0.2, -0.15) is 10.2 Å². The van der Waals surface area contributed by atoms with Gasteiger partial charge in [-0.25, -0.2) is 14.4 Å². The maximum absolute atomic E-state index is 13.5. The Kier molecular flexibility index (Phi) is 5.15. The topological polar surface area (TPSA) is 103 Å². The van der Waals surface area contributed by atoms with E-state index in [2.05, 4.69) is 30.8 Å². The lowest BCUT2D eigenvalue weighted by Gasteiger charge is -2.07. The third kappa shape index (κ3) is 3.78. The van der Waals surface area contributed by atoms with Gasteiger partial charge < -0.3 is 10.6 Å². The molecule has 0 fully saturated rings. The van der Waals surface area contributed by atoms with Crippen LogP contribution in [0.3, 0.4) is 0 Å². The van der Waals surface area contributed by atoms with E-state index in [1.54, 1.807) is 25.0 Å². The predicted octanol–water partition coefficient (Wildman–Crippen LogP) is 1.76. The monoisotopic (exact) mass is 372 g/mol. The molecule has 3 aromatic heterocycles. The maximum Gasteiger partial charge on any atom is 0.247 e. The molecule has 0 bridgehead atoms. The molecule has 10 heteroatoms. The summed E-state index contributed by atoms with van der Waals surface area (Å²) in [5.41, 5.74) is 2.49. The van der Waals surface area contributed by atoms with Crippen molar-refractivity contribution in [2.75, 3.05) is 17.7 Å². The number of anilines is 2. The van der Waals surface area contributed by atoms with Gasteiger partial charge in [0.2, 0.25) is 5.91 Å². The summed E-state index contributed by atoms with van der Waals surface area (Å²) in [6, 6.07) is 0. The van der Waals surface area contributed by atoms with Crippen LogP contribution in [0.15, 0.2) is 18.6 Å². The van der Waals surface area contributed by atoms with Crippen LogP contribution in [-0.2, 0) is 24.8 Å². The molecule has 3 rings (SSSR count). The Labute approximate surface area is 155 Å². The second kappa shape index (κ2) is 7.52. The van der Waals surface area contributed by atoms with Gasteiger partial charge in [-0.1, -0.05) is 6.92 Å². The summed E-state index contributed by atoms with van der Waals surface area (Å²) in [6.45, 7) is 3.97. The highest BCUT2D eigenvalue weighted by atomic mass is 19.1. The number of aromatic nitrogens is 6. The molecule has 0 aliphatic rings. The van der Waals surface area contributed by atoms with E-state index in [1.807, 2.05) is 13.8 Å². The largest absolute Gasteiger partial charge is 0.371 e. The molecule has 0 aliphatic heterocycles. The number of carbonyl (C=O) groups excluding carboxylic acids is 1. The smallest absolute Gasteiger partial charge is 0.247 e. The quantitative estimate of drug-likeness (QED) is 0.684. The van der Waals surface area contributed by atoms with Gasteiger partial charge in [0.05, 0.1) is 23.7 Å². The van der Waals surface area contributed by atoms with Gasteiger partial charge in [-0.3, -0.25) is 14.2 Å². The summed E-state index contributed by atoms with van der Waals surface area (Å²) >= 11 is 0. The first-order chi connectivity index (χ1) is 12.9. The van der Waals surface area contributed by atoms with Crippen LogP contribution in [0.5, 0.6) is 0 Å². The predicted molar refractivity (Wildman–Crippen MR) is 98.7 cm³/mol. The molecule has 3 aromatic rings. The first kappa shape index (κ1) is 18.5. The van der Waals surface area contributed by atoms with E-state index in [1.165, 1.54) is 10.9 Å². The highest BCUT2D eigenvalue weighted by molar-refractivity contribution is 5.90. The van der Waals surface area contributed by atoms with Crippen LogP contribution in [0.2, 0.25) is 0 Å². The Balaban J connectivity index is 1.72. The minimum absolute atomic E-state index is 0.0200. The van der Waals surface area contributed by atoms with Crippen LogP contribution in [0.25, 0.3) is 11.4 Å². The number of rotatable bonds is 6. The summed E-state index contributed by atoms with van der Waals surface area (Å²) in [6.07, 6.45) is 5.06. The van der Waals surface area contributed by atoms with Gasteiger partial charge in [0.1, 0.15) is 12.4 Å². The van der Waals surface area contributed by atoms with Crippen molar-refractivity contribution >= 4 is 17.5 Å². The third-order valence-electron chi connectivity index (χ3n) is 4.15. The molecule has 2 N–H and O–H groups in total. The number of nitrogens with zero attached hydrogens (tertiary/aromatic N) is 6. The van der Waals surface area contributed by atoms with Crippen molar-refractivity contribution in [3.05, 3.63) is 35.7 Å². The highest BCUT2D eigenvalue weighted by Gasteiger charge is 2.15. The Morgan fingerprint density at radius 2 is 2.11 bits per heavy atom.